The molecule has 0 spiro atoms. The topological polar surface area (TPSA) is 67.4 Å². The van der Waals surface area contributed by atoms with Crippen molar-refractivity contribution in [3.05, 3.63) is 29.8 Å². The zero-order valence-electron chi connectivity index (χ0n) is 11.5. The molecule has 0 atom stereocenters. The minimum Gasteiger partial charge on any atom is -0.497 e. The Bertz CT molecular complexity index is 475. The van der Waals surface area contributed by atoms with Gasteiger partial charge in [0.15, 0.2) is 0 Å². The second-order valence-electron chi connectivity index (χ2n) is 4.30. The summed E-state index contributed by atoms with van der Waals surface area (Å²) >= 11 is 0. The average Bonchev–Trinajstić information content (AvgIpc) is 2.42. The molecule has 0 heterocycles. The second-order valence-corrected chi connectivity index (χ2v) is 6.23. The number of methoxy groups -OCH3 is 1. The highest BCUT2D eigenvalue weighted by molar-refractivity contribution is 7.89. The van der Waals surface area contributed by atoms with E-state index in [0.29, 0.717) is 13.0 Å². The Labute approximate surface area is 115 Å². The smallest absolute Gasteiger partial charge is 0.211 e. The number of hydrogen-bond donors (Lipinski definition) is 2. The van der Waals surface area contributed by atoms with Crippen molar-refractivity contribution in [2.45, 2.75) is 19.4 Å². The summed E-state index contributed by atoms with van der Waals surface area (Å²) in [6, 6.07) is 7.36. The Kier molecular flexibility index (Phi) is 6.83. The Morgan fingerprint density at radius 2 is 2.05 bits per heavy atom. The van der Waals surface area contributed by atoms with Gasteiger partial charge in [-0.15, -0.1) is 0 Å². The SMILES string of the molecule is CNCCCCS(=O)(=O)NCc1cccc(OC)c1. The van der Waals surface area contributed by atoms with Gasteiger partial charge in [-0.3, -0.25) is 0 Å². The number of rotatable bonds is 9. The van der Waals surface area contributed by atoms with E-state index in [9.17, 15) is 8.42 Å². The first-order valence-electron chi connectivity index (χ1n) is 6.32. The van der Waals surface area contributed by atoms with Gasteiger partial charge in [-0.25, -0.2) is 13.1 Å². The van der Waals surface area contributed by atoms with E-state index in [0.717, 1.165) is 24.3 Å². The molecule has 108 valence electrons. The maximum absolute atomic E-state index is 11.8. The third kappa shape index (κ3) is 6.56. The van der Waals surface area contributed by atoms with Crippen LogP contribution in [0.25, 0.3) is 0 Å². The first-order valence-corrected chi connectivity index (χ1v) is 7.97. The molecule has 0 fully saturated rings. The van der Waals surface area contributed by atoms with Gasteiger partial charge < -0.3 is 10.1 Å². The maximum Gasteiger partial charge on any atom is 0.211 e. The summed E-state index contributed by atoms with van der Waals surface area (Å²) in [7, 11) is 0.247. The lowest BCUT2D eigenvalue weighted by molar-refractivity contribution is 0.414. The van der Waals surface area contributed by atoms with Crippen LogP contribution in [0.2, 0.25) is 0 Å². The van der Waals surface area contributed by atoms with Crippen LogP contribution >= 0.6 is 0 Å². The van der Waals surface area contributed by atoms with E-state index in [1.54, 1.807) is 7.11 Å². The molecular weight excluding hydrogens is 264 g/mol. The molecular formula is C13H22N2O3S. The van der Waals surface area contributed by atoms with E-state index >= 15 is 0 Å². The van der Waals surface area contributed by atoms with Gasteiger partial charge in [-0.05, 0) is 44.1 Å². The van der Waals surface area contributed by atoms with Gasteiger partial charge in [0.1, 0.15) is 5.75 Å². The molecule has 0 saturated carbocycles. The Balaban J connectivity index is 2.41. The van der Waals surface area contributed by atoms with Crippen LogP contribution in [0.15, 0.2) is 24.3 Å². The summed E-state index contributed by atoms with van der Waals surface area (Å²) in [5.41, 5.74) is 0.887. The molecule has 0 aliphatic carbocycles. The van der Waals surface area contributed by atoms with Crippen LogP contribution in [-0.2, 0) is 16.6 Å². The van der Waals surface area contributed by atoms with Crippen molar-refractivity contribution >= 4 is 10.0 Å². The second kappa shape index (κ2) is 8.14. The molecule has 5 nitrogen and oxygen atoms in total. The summed E-state index contributed by atoms with van der Waals surface area (Å²) in [4.78, 5) is 0. The number of sulfonamides is 1. The van der Waals surface area contributed by atoms with Crippen molar-refractivity contribution in [3.8, 4) is 5.75 Å². The van der Waals surface area contributed by atoms with E-state index in [2.05, 4.69) is 10.0 Å². The molecule has 19 heavy (non-hydrogen) atoms. The van der Waals surface area contributed by atoms with Crippen LogP contribution in [-0.4, -0.2) is 34.9 Å². The Morgan fingerprint density at radius 1 is 1.26 bits per heavy atom. The number of ether oxygens (including phenoxy) is 1. The quantitative estimate of drug-likeness (QED) is 0.667. The minimum atomic E-state index is -3.20. The van der Waals surface area contributed by atoms with Gasteiger partial charge in [0.25, 0.3) is 0 Å². The van der Waals surface area contributed by atoms with E-state index < -0.39 is 10.0 Å². The molecule has 0 saturated heterocycles. The standard InChI is InChI=1S/C13H22N2O3S/c1-14-8-3-4-9-19(16,17)15-11-12-6-5-7-13(10-12)18-2/h5-7,10,14-15H,3-4,8-9,11H2,1-2H3. The lowest BCUT2D eigenvalue weighted by Crippen LogP contribution is -2.26. The van der Waals surface area contributed by atoms with Gasteiger partial charge in [-0.2, -0.15) is 0 Å². The number of nitrogens with one attached hydrogen (secondary N) is 2. The predicted molar refractivity (Wildman–Crippen MR) is 76.8 cm³/mol. The zero-order chi connectivity index (χ0) is 14.1. The van der Waals surface area contributed by atoms with Crippen molar-refractivity contribution in [1.29, 1.82) is 0 Å². The fraction of sp³-hybridized carbons (Fsp3) is 0.538. The molecule has 1 rings (SSSR count). The van der Waals surface area contributed by atoms with Gasteiger partial charge in [0.05, 0.1) is 12.9 Å². The van der Waals surface area contributed by atoms with Crippen LogP contribution < -0.4 is 14.8 Å². The number of benzene rings is 1. The molecule has 2 N–H and O–H groups in total. The van der Waals surface area contributed by atoms with Gasteiger partial charge >= 0.3 is 0 Å². The first-order chi connectivity index (χ1) is 9.07. The molecule has 6 heteroatoms. The van der Waals surface area contributed by atoms with E-state index in [1.165, 1.54) is 0 Å². The van der Waals surface area contributed by atoms with Crippen molar-refractivity contribution < 1.29 is 13.2 Å². The third-order valence-electron chi connectivity index (χ3n) is 2.72. The molecule has 0 amide bonds. The highest BCUT2D eigenvalue weighted by Crippen LogP contribution is 2.12. The molecule has 0 radical (unpaired) electrons. The minimum absolute atomic E-state index is 0.165. The van der Waals surface area contributed by atoms with Crippen molar-refractivity contribution in [2.24, 2.45) is 0 Å². The van der Waals surface area contributed by atoms with E-state index in [4.69, 9.17) is 4.74 Å². The highest BCUT2D eigenvalue weighted by atomic mass is 32.2. The molecule has 0 bridgehead atoms. The van der Waals surface area contributed by atoms with Crippen LogP contribution in [0, 0.1) is 0 Å². The van der Waals surface area contributed by atoms with Crippen molar-refractivity contribution in [3.63, 3.8) is 0 Å². The number of hydrogen-bond acceptors (Lipinski definition) is 4. The first kappa shape index (κ1) is 15.9. The maximum atomic E-state index is 11.8. The van der Waals surface area contributed by atoms with Crippen molar-refractivity contribution in [1.82, 2.24) is 10.0 Å². The summed E-state index contributed by atoms with van der Waals surface area (Å²) in [6.07, 6.45) is 1.52. The molecule has 0 unspecified atom stereocenters. The molecule has 0 aromatic heterocycles. The zero-order valence-corrected chi connectivity index (χ0v) is 12.3. The van der Waals surface area contributed by atoms with Gasteiger partial charge in [-0.1, -0.05) is 12.1 Å². The normalized spacial score (nSPS) is 11.5. The fourth-order valence-corrected chi connectivity index (χ4v) is 2.76. The Hall–Kier alpha value is -1.11. The van der Waals surface area contributed by atoms with Crippen LogP contribution in [0.1, 0.15) is 18.4 Å². The molecule has 1 aromatic rings. The average molecular weight is 286 g/mol. The predicted octanol–water partition coefficient (Wildman–Crippen LogP) is 1.11. The van der Waals surface area contributed by atoms with E-state index in [-0.39, 0.29) is 5.75 Å². The Morgan fingerprint density at radius 3 is 2.74 bits per heavy atom. The van der Waals surface area contributed by atoms with Crippen LogP contribution in [0.4, 0.5) is 0 Å². The van der Waals surface area contributed by atoms with Crippen LogP contribution in [0.5, 0.6) is 5.75 Å². The molecule has 0 aliphatic heterocycles. The number of unbranched alkanes of at least 4 members (excludes halogenated alkanes) is 1. The summed E-state index contributed by atoms with van der Waals surface area (Å²) in [5.74, 6) is 0.893. The van der Waals surface area contributed by atoms with Gasteiger partial charge in [0, 0.05) is 6.54 Å². The fourth-order valence-electron chi connectivity index (χ4n) is 1.64. The van der Waals surface area contributed by atoms with E-state index in [1.807, 2.05) is 31.3 Å². The molecule has 0 aliphatic rings. The lowest BCUT2D eigenvalue weighted by atomic mass is 10.2. The van der Waals surface area contributed by atoms with Crippen LogP contribution in [0.3, 0.4) is 0 Å². The lowest BCUT2D eigenvalue weighted by Gasteiger charge is -2.08. The highest BCUT2D eigenvalue weighted by Gasteiger charge is 2.09. The van der Waals surface area contributed by atoms with Crippen molar-refractivity contribution in [2.75, 3.05) is 26.5 Å². The van der Waals surface area contributed by atoms with Gasteiger partial charge in [0.2, 0.25) is 10.0 Å². The summed E-state index contributed by atoms with van der Waals surface area (Å²) < 4.78 is 31.2. The monoisotopic (exact) mass is 286 g/mol. The third-order valence-corrected chi connectivity index (χ3v) is 4.13. The summed E-state index contributed by atoms with van der Waals surface area (Å²) in [6.45, 7) is 1.14. The largest absolute Gasteiger partial charge is 0.497 e. The summed E-state index contributed by atoms with van der Waals surface area (Å²) in [5, 5.41) is 3.00. The molecule has 1 aromatic carbocycles.